The molecule has 0 aromatic heterocycles. The van der Waals surface area contributed by atoms with Gasteiger partial charge in [-0.2, -0.15) is 0 Å². The molecule has 1 aromatic carbocycles. The average molecular weight is 355 g/mol. The molecule has 2 aliphatic rings. The molecular formula is C21H29N3O2. The van der Waals surface area contributed by atoms with E-state index >= 15 is 0 Å². The van der Waals surface area contributed by atoms with Gasteiger partial charge in [0.05, 0.1) is 6.54 Å². The summed E-state index contributed by atoms with van der Waals surface area (Å²) in [6.07, 6.45) is 7.17. The predicted octanol–water partition coefficient (Wildman–Crippen LogP) is 2.74. The van der Waals surface area contributed by atoms with Crippen LogP contribution in [0, 0.1) is 19.8 Å². The lowest BCUT2D eigenvalue weighted by molar-refractivity contribution is -0.133. The maximum absolute atomic E-state index is 12.4. The summed E-state index contributed by atoms with van der Waals surface area (Å²) < 4.78 is 0. The van der Waals surface area contributed by atoms with Crippen molar-refractivity contribution in [2.24, 2.45) is 5.92 Å². The summed E-state index contributed by atoms with van der Waals surface area (Å²) in [6, 6.07) is 5.94. The van der Waals surface area contributed by atoms with Gasteiger partial charge in [0.1, 0.15) is 0 Å². The Bertz CT molecular complexity index is 690. The van der Waals surface area contributed by atoms with E-state index in [1.165, 1.54) is 5.56 Å². The summed E-state index contributed by atoms with van der Waals surface area (Å²) in [6.45, 7) is 7.38. The fourth-order valence-electron chi connectivity index (χ4n) is 3.65. The summed E-state index contributed by atoms with van der Waals surface area (Å²) in [4.78, 5) is 28.8. The van der Waals surface area contributed by atoms with Crippen molar-refractivity contribution >= 4 is 17.5 Å². The molecule has 1 N–H and O–H groups in total. The summed E-state index contributed by atoms with van der Waals surface area (Å²) in [5.74, 6) is 0.680. The quantitative estimate of drug-likeness (QED) is 0.827. The normalized spacial score (nSPS) is 20.4. The van der Waals surface area contributed by atoms with Crippen LogP contribution < -0.4 is 5.32 Å². The van der Waals surface area contributed by atoms with Gasteiger partial charge in [0.15, 0.2) is 0 Å². The molecule has 140 valence electrons. The van der Waals surface area contributed by atoms with E-state index in [0.717, 1.165) is 37.2 Å². The van der Waals surface area contributed by atoms with Crippen LogP contribution in [0.2, 0.25) is 0 Å². The second-order valence-electron chi connectivity index (χ2n) is 7.42. The van der Waals surface area contributed by atoms with Gasteiger partial charge >= 0.3 is 0 Å². The van der Waals surface area contributed by atoms with Crippen molar-refractivity contribution in [3.05, 3.63) is 41.5 Å². The number of carbonyl (C=O) groups excluding carboxylic acids is 2. The van der Waals surface area contributed by atoms with E-state index < -0.39 is 0 Å². The van der Waals surface area contributed by atoms with Gasteiger partial charge in [-0.15, -0.1) is 0 Å². The van der Waals surface area contributed by atoms with Crippen molar-refractivity contribution in [3.63, 3.8) is 0 Å². The first-order valence-electron chi connectivity index (χ1n) is 9.56. The minimum atomic E-state index is 0.00886. The van der Waals surface area contributed by atoms with E-state index in [2.05, 4.69) is 22.4 Å². The number of allylic oxidation sites excluding steroid dienone is 2. The molecule has 5 nitrogen and oxygen atoms in total. The highest BCUT2D eigenvalue weighted by Gasteiger charge is 2.24. The number of anilines is 1. The molecule has 1 aliphatic heterocycles. The van der Waals surface area contributed by atoms with E-state index in [0.29, 0.717) is 32.0 Å². The lowest BCUT2D eigenvalue weighted by Gasteiger charge is -2.34. The third kappa shape index (κ3) is 4.73. The van der Waals surface area contributed by atoms with E-state index in [4.69, 9.17) is 0 Å². The number of nitrogens with one attached hydrogen (secondary N) is 1. The van der Waals surface area contributed by atoms with Crippen LogP contribution in [0.15, 0.2) is 30.4 Å². The Morgan fingerprint density at radius 3 is 2.62 bits per heavy atom. The molecule has 1 saturated heterocycles. The minimum absolute atomic E-state index is 0.00886. The number of hydrogen-bond acceptors (Lipinski definition) is 3. The van der Waals surface area contributed by atoms with E-state index in [9.17, 15) is 9.59 Å². The SMILES string of the molecule is Cc1cccc(NC(=O)CN2CCN(C(=O)CC3C=CCC3)CC2)c1C. The molecule has 1 heterocycles. The Balaban J connectivity index is 1.43. The fraction of sp³-hybridized carbons (Fsp3) is 0.524. The van der Waals surface area contributed by atoms with E-state index in [1.807, 2.05) is 36.9 Å². The highest BCUT2D eigenvalue weighted by atomic mass is 16.2. The lowest BCUT2D eigenvalue weighted by atomic mass is 10.0. The third-order valence-corrected chi connectivity index (χ3v) is 5.52. The van der Waals surface area contributed by atoms with Gasteiger partial charge in [-0.3, -0.25) is 14.5 Å². The maximum atomic E-state index is 12.4. The summed E-state index contributed by atoms with van der Waals surface area (Å²) in [5.41, 5.74) is 3.16. The zero-order valence-corrected chi connectivity index (χ0v) is 15.8. The largest absolute Gasteiger partial charge is 0.340 e. The zero-order chi connectivity index (χ0) is 18.5. The topological polar surface area (TPSA) is 52.7 Å². The molecule has 1 aromatic rings. The molecule has 5 heteroatoms. The van der Waals surface area contributed by atoms with Gasteiger partial charge in [0, 0.05) is 38.3 Å². The van der Waals surface area contributed by atoms with Gasteiger partial charge in [-0.25, -0.2) is 0 Å². The first kappa shape index (κ1) is 18.6. The van der Waals surface area contributed by atoms with Crippen LogP contribution in [-0.2, 0) is 9.59 Å². The van der Waals surface area contributed by atoms with Crippen LogP contribution in [0.5, 0.6) is 0 Å². The summed E-state index contributed by atoms with van der Waals surface area (Å²) >= 11 is 0. The summed E-state index contributed by atoms with van der Waals surface area (Å²) in [5, 5.41) is 3.01. The molecule has 0 spiro atoms. The molecule has 3 rings (SSSR count). The zero-order valence-electron chi connectivity index (χ0n) is 15.8. The minimum Gasteiger partial charge on any atom is -0.340 e. The number of rotatable bonds is 5. The van der Waals surface area contributed by atoms with E-state index in [1.54, 1.807) is 0 Å². The molecule has 1 unspecified atom stereocenters. The number of amides is 2. The number of carbonyl (C=O) groups is 2. The van der Waals surface area contributed by atoms with Gasteiger partial charge in [0.25, 0.3) is 0 Å². The van der Waals surface area contributed by atoms with Crippen LogP contribution >= 0.6 is 0 Å². The third-order valence-electron chi connectivity index (χ3n) is 5.52. The van der Waals surface area contributed by atoms with Gasteiger partial charge in [0.2, 0.25) is 11.8 Å². The molecule has 1 aliphatic carbocycles. The molecule has 0 bridgehead atoms. The Morgan fingerprint density at radius 2 is 1.92 bits per heavy atom. The van der Waals surface area contributed by atoms with Crippen LogP contribution in [0.25, 0.3) is 0 Å². The van der Waals surface area contributed by atoms with E-state index in [-0.39, 0.29) is 11.8 Å². The molecule has 0 saturated carbocycles. The Kier molecular flexibility index (Phi) is 6.09. The molecule has 0 radical (unpaired) electrons. The number of hydrogen-bond donors (Lipinski definition) is 1. The Labute approximate surface area is 156 Å². The standard InChI is InChI=1S/C21H29N3O2/c1-16-6-5-9-19(17(16)2)22-20(25)15-23-10-12-24(13-11-23)21(26)14-18-7-3-4-8-18/h3,5-7,9,18H,4,8,10-15H2,1-2H3,(H,22,25). The number of nitrogens with zero attached hydrogens (tertiary/aromatic N) is 2. The molecule has 1 atom stereocenters. The lowest BCUT2D eigenvalue weighted by Crippen LogP contribution is -2.50. The monoisotopic (exact) mass is 355 g/mol. The average Bonchev–Trinajstić information content (AvgIpc) is 3.12. The number of piperazine rings is 1. The molecule has 26 heavy (non-hydrogen) atoms. The molecular weight excluding hydrogens is 326 g/mol. The van der Waals surface area contributed by atoms with Gasteiger partial charge < -0.3 is 10.2 Å². The highest BCUT2D eigenvalue weighted by molar-refractivity contribution is 5.93. The van der Waals surface area contributed by atoms with Crippen molar-refractivity contribution in [1.29, 1.82) is 0 Å². The second kappa shape index (κ2) is 8.49. The Morgan fingerprint density at radius 1 is 1.15 bits per heavy atom. The number of aryl methyl sites for hydroxylation is 1. The number of benzene rings is 1. The molecule has 2 amide bonds. The van der Waals surface area contributed by atoms with Crippen LogP contribution in [0.4, 0.5) is 5.69 Å². The first-order valence-corrected chi connectivity index (χ1v) is 9.56. The molecule has 1 fully saturated rings. The van der Waals surface area contributed by atoms with Crippen molar-refractivity contribution in [1.82, 2.24) is 9.80 Å². The van der Waals surface area contributed by atoms with Crippen LogP contribution in [0.3, 0.4) is 0 Å². The van der Waals surface area contributed by atoms with Crippen molar-refractivity contribution < 1.29 is 9.59 Å². The van der Waals surface area contributed by atoms with Crippen molar-refractivity contribution in [2.45, 2.75) is 33.1 Å². The van der Waals surface area contributed by atoms with Crippen molar-refractivity contribution in [3.8, 4) is 0 Å². The van der Waals surface area contributed by atoms with Gasteiger partial charge in [-0.1, -0.05) is 24.3 Å². The fourth-order valence-corrected chi connectivity index (χ4v) is 3.65. The van der Waals surface area contributed by atoms with Crippen molar-refractivity contribution in [2.75, 3.05) is 38.0 Å². The van der Waals surface area contributed by atoms with Crippen LogP contribution in [0.1, 0.15) is 30.4 Å². The van der Waals surface area contributed by atoms with Crippen LogP contribution in [-0.4, -0.2) is 54.3 Å². The summed E-state index contributed by atoms with van der Waals surface area (Å²) in [7, 11) is 0. The maximum Gasteiger partial charge on any atom is 0.238 e. The Hall–Kier alpha value is -2.14. The second-order valence-corrected chi connectivity index (χ2v) is 7.42. The highest BCUT2D eigenvalue weighted by Crippen LogP contribution is 2.22. The van der Waals surface area contributed by atoms with Gasteiger partial charge in [-0.05, 0) is 49.8 Å². The smallest absolute Gasteiger partial charge is 0.238 e. The predicted molar refractivity (Wildman–Crippen MR) is 104 cm³/mol. The first-order chi connectivity index (χ1) is 12.5.